The Morgan fingerprint density at radius 2 is 2.26 bits per heavy atom. The second-order valence-electron chi connectivity index (χ2n) is 6.11. The van der Waals surface area contributed by atoms with E-state index >= 15 is 0 Å². The lowest BCUT2D eigenvalue weighted by Gasteiger charge is -2.43. The maximum atomic E-state index is 12.5. The van der Waals surface area contributed by atoms with E-state index in [0.29, 0.717) is 6.54 Å². The lowest BCUT2D eigenvalue weighted by molar-refractivity contribution is -0.126. The molecule has 7 nitrogen and oxygen atoms in total. The van der Waals surface area contributed by atoms with Gasteiger partial charge >= 0.3 is 6.03 Å². The molecule has 1 aromatic rings. The van der Waals surface area contributed by atoms with Crippen LogP contribution in [0.5, 0.6) is 0 Å². The van der Waals surface area contributed by atoms with Crippen LogP contribution in [0.1, 0.15) is 31.2 Å². The summed E-state index contributed by atoms with van der Waals surface area (Å²) in [4.78, 5) is 30.2. The molecule has 2 heterocycles. The summed E-state index contributed by atoms with van der Waals surface area (Å²) in [6, 6.07) is 3.82. The molecule has 2 unspecified atom stereocenters. The van der Waals surface area contributed by atoms with Gasteiger partial charge in [0.05, 0.1) is 6.04 Å². The van der Waals surface area contributed by atoms with Crippen LogP contribution in [0, 0.1) is 0 Å². The summed E-state index contributed by atoms with van der Waals surface area (Å²) < 4.78 is 0. The highest BCUT2D eigenvalue weighted by molar-refractivity contribution is 5.86. The summed E-state index contributed by atoms with van der Waals surface area (Å²) in [7, 11) is 1.81. The third-order valence-corrected chi connectivity index (χ3v) is 4.58. The van der Waals surface area contributed by atoms with Crippen molar-refractivity contribution < 1.29 is 9.59 Å². The maximum absolute atomic E-state index is 12.5. The summed E-state index contributed by atoms with van der Waals surface area (Å²) >= 11 is 0. The molecule has 1 aliphatic heterocycles. The topological polar surface area (TPSA) is 86.4 Å². The van der Waals surface area contributed by atoms with Crippen LogP contribution in [-0.2, 0) is 11.3 Å². The van der Waals surface area contributed by atoms with Crippen molar-refractivity contribution in [3.63, 3.8) is 0 Å². The van der Waals surface area contributed by atoms with Gasteiger partial charge in [-0.2, -0.15) is 0 Å². The summed E-state index contributed by atoms with van der Waals surface area (Å²) in [5, 5.41) is 8.91. The molecule has 23 heavy (non-hydrogen) atoms. The van der Waals surface area contributed by atoms with Gasteiger partial charge in [-0.05, 0) is 30.5 Å². The van der Waals surface area contributed by atoms with E-state index in [0.717, 1.165) is 37.1 Å². The average Bonchev–Trinajstić information content (AvgIpc) is 2.59. The van der Waals surface area contributed by atoms with Crippen molar-refractivity contribution >= 4 is 17.8 Å². The van der Waals surface area contributed by atoms with Crippen molar-refractivity contribution in [3.05, 3.63) is 23.9 Å². The number of aromatic nitrogens is 1. The van der Waals surface area contributed by atoms with Crippen molar-refractivity contribution in [2.24, 2.45) is 0 Å². The molecule has 3 N–H and O–H groups in total. The van der Waals surface area contributed by atoms with Crippen molar-refractivity contribution in [1.29, 1.82) is 0 Å². The quantitative estimate of drug-likeness (QED) is 0.778. The fourth-order valence-electron chi connectivity index (χ4n) is 3.40. The van der Waals surface area contributed by atoms with Crippen molar-refractivity contribution in [3.8, 4) is 0 Å². The number of nitrogens with one attached hydrogen (secondary N) is 3. The van der Waals surface area contributed by atoms with E-state index < -0.39 is 0 Å². The Kier molecular flexibility index (Phi) is 4.64. The fourth-order valence-corrected chi connectivity index (χ4v) is 3.40. The smallest absolute Gasteiger partial charge is 0.318 e. The Labute approximate surface area is 135 Å². The van der Waals surface area contributed by atoms with Gasteiger partial charge in [0.25, 0.3) is 0 Å². The van der Waals surface area contributed by atoms with Gasteiger partial charge < -0.3 is 20.9 Å². The molecule has 2 fully saturated rings. The molecule has 2 atom stereocenters. The van der Waals surface area contributed by atoms with Gasteiger partial charge in [0.15, 0.2) is 0 Å². The van der Waals surface area contributed by atoms with Crippen LogP contribution in [-0.4, -0.2) is 47.5 Å². The van der Waals surface area contributed by atoms with E-state index in [4.69, 9.17) is 0 Å². The summed E-state index contributed by atoms with van der Waals surface area (Å²) in [5.41, 5.74) is 0.972. The molecule has 0 spiro atoms. The van der Waals surface area contributed by atoms with E-state index in [1.165, 1.54) is 0 Å². The normalized spacial score (nSPS) is 23.7. The number of hydrogen-bond acceptors (Lipinski definition) is 4. The number of nitrogens with zero attached hydrogens (tertiary/aromatic N) is 2. The molecule has 1 aromatic heterocycles. The molecule has 1 aliphatic carbocycles. The Balaban J connectivity index is 1.63. The third-order valence-electron chi connectivity index (χ3n) is 4.58. The molecule has 124 valence electrons. The standard InChI is InChI=1S/C16H23N5O2/c1-17-14-8-11(6-7-18-14)9-19-16(23)21-10-15(22)20-12-4-2-3-5-13(12)21/h6-8,12-13H,2-5,9-10H2,1H3,(H,17,18)(H,19,23)(H,20,22). The maximum Gasteiger partial charge on any atom is 0.318 e. The number of amides is 3. The van der Waals surface area contributed by atoms with Crippen LogP contribution >= 0.6 is 0 Å². The highest BCUT2D eigenvalue weighted by atomic mass is 16.2. The molecule has 1 saturated carbocycles. The summed E-state index contributed by atoms with van der Waals surface area (Å²) in [5.74, 6) is 0.700. The monoisotopic (exact) mass is 317 g/mol. The number of carbonyl (C=O) groups is 2. The van der Waals surface area contributed by atoms with Gasteiger partial charge in [-0.3, -0.25) is 4.79 Å². The van der Waals surface area contributed by atoms with Gasteiger partial charge in [-0.1, -0.05) is 12.8 Å². The van der Waals surface area contributed by atoms with E-state index in [2.05, 4.69) is 20.9 Å². The molecule has 0 aromatic carbocycles. The first-order valence-corrected chi connectivity index (χ1v) is 8.14. The highest BCUT2D eigenvalue weighted by Crippen LogP contribution is 2.25. The number of fused-ring (bicyclic) bond motifs is 1. The predicted molar refractivity (Wildman–Crippen MR) is 86.9 cm³/mol. The lowest BCUT2D eigenvalue weighted by atomic mass is 9.87. The Morgan fingerprint density at radius 1 is 1.43 bits per heavy atom. The van der Waals surface area contributed by atoms with E-state index in [9.17, 15) is 9.59 Å². The third kappa shape index (κ3) is 3.55. The Hall–Kier alpha value is -2.31. The van der Waals surface area contributed by atoms with Gasteiger partial charge in [0.1, 0.15) is 12.4 Å². The average molecular weight is 317 g/mol. The molecule has 3 amide bonds. The van der Waals surface area contributed by atoms with E-state index in [1.807, 2.05) is 12.1 Å². The minimum atomic E-state index is -0.167. The number of urea groups is 1. The van der Waals surface area contributed by atoms with Crippen LogP contribution in [0.3, 0.4) is 0 Å². The predicted octanol–water partition coefficient (Wildman–Crippen LogP) is 1.08. The zero-order valence-corrected chi connectivity index (χ0v) is 13.3. The van der Waals surface area contributed by atoms with Crippen LogP contribution in [0.15, 0.2) is 18.3 Å². The Morgan fingerprint density at radius 3 is 3.09 bits per heavy atom. The molecule has 0 radical (unpaired) electrons. The fraction of sp³-hybridized carbons (Fsp3) is 0.562. The first-order chi connectivity index (χ1) is 11.2. The molecule has 1 saturated heterocycles. The molecule has 0 bridgehead atoms. The highest BCUT2D eigenvalue weighted by Gasteiger charge is 2.38. The van der Waals surface area contributed by atoms with Gasteiger partial charge in [0, 0.05) is 25.8 Å². The molecule has 3 rings (SSSR count). The minimum Gasteiger partial charge on any atom is -0.373 e. The number of piperazine rings is 1. The zero-order valence-electron chi connectivity index (χ0n) is 13.3. The van der Waals surface area contributed by atoms with Crippen LogP contribution in [0.4, 0.5) is 10.6 Å². The molecule has 7 heteroatoms. The first kappa shape index (κ1) is 15.6. The number of anilines is 1. The number of rotatable bonds is 3. The van der Waals surface area contributed by atoms with Gasteiger partial charge in [-0.15, -0.1) is 0 Å². The number of carbonyl (C=O) groups excluding carboxylic acids is 2. The summed E-state index contributed by atoms with van der Waals surface area (Å²) in [6.07, 6.45) is 5.84. The van der Waals surface area contributed by atoms with Crippen LogP contribution in [0.25, 0.3) is 0 Å². The van der Waals surface area contributed by atoms with Gasteiger partial charge in [-0.25, -0.2) is 9.78 Å². The van der Waals surface area contributed by atoms with Crippen molar-refractivity contribution in [2.45, 2.75) is 44.3 Å². The SMILES string of the molecule is CNc1cc(CNC(=O)N2CC(=O)NC3CCCCC32)ccn1. The van der Waals surface area contributed by atoms with E-state index in [-0.39, 0.29) is 30.6 Å². The summed E-state index contributed by atoms with van der Waals surface area (Å²) in [6.45, 7) is 0.566. The minimum absolute atomic E-state index is 0.0651. The molecular formula is C16H23N5O2. The number of hydrogen-bond donors (Lipinski definition) is 3. The molecular weight excluding hydrogens is 294 g/mol. The van der Waals surface area contributed by atoms with E-state index in [1.54, 1.807) is 18.1 Å². The second-order valence-corrected chi connectivity index (χ2v) is 6.11. The largest absolute Gasteiger partial charge is 0.373 e. The van der Waals surface area contributed by atoms with Crippen LogP contribution in [0.2, 0.25) is 0 Å². The van der Waals surface area contributed by atoms with Gasteiger partial charge in [0.2, 0.25) is 5.91 Å². The lowest BCUT2D eigenvalue weighted by Crippen LogP contribution is -2.64. The molecule has 2 aliphatic rings. The van der Waals surface area contributed by atoms with Crippen LogP contribution < -0.4 is 16.0 Å². The van der Waals surface area contributed by atoms with Crippen molar-refractivity contribution in [2.75, 3.05) is 18.9 Å². The first-order valence-electron chi connectivity index (χ1n) is 8.14. The number of pyridine rings is 1. The zero-order chi connectivity index (χ0) is 16.2. The Bertz CT molecular complexity index is 592. The van der Waals surface area contributed by atoms with Crippen molar-refractivity contribution in [1.82, 2.24) is 20.5 Å². The second kappa shape index (κ2) is 6.85.